The summed E-state index contributed by atoms with van der Waals surface area (Å²) >= 11 is 1.87. The number of benzene rings is 8. The number of thiophene rings is 1. The Morgan fingerprint density at radius 2 is 1.06 bits per heavy atom. The maximum absolute atomic E-state index is 6.29. The Morgan fingerprint density at radius 3 is 1.83 bits per heavy atom. The van der Waals surface area contributed by atoms with Gasteiger partial charge in [0.1, 0.15) is 16.7 Å². The summed E-state index contributed by atoms with van der Waals surface area (Å²) in [6.07, 6.45) is 1.82. The zero-order chi connectivity index (χ0) is 30.6. The van der Waals surface area contributed by atoms with Crippen LogP contribution in [-0.4, -0.2) is 0 Å². The van der Waals surface area contributed by atoms with Gasteiger partial charge in [-0.05, 0) is 85.4 Å². The van der Waals surface area contributed by atoms with Gasteiger partial charge in [-0.25, -0.2) is 0 Å². The van der Waals surface area contributed by atoms with Gasteiger partial charge < -0.3 is 8.83 Å². The number of rotatable bonds is 2. The lowest BCUT2D eigenvalue weighted by molar-refractivity contribution is 0.616. The molecule has 0 bridgehead atoms. The van der Waals surface area contributed by atoms with Crippen molar-refractivity contribution < 1.29 is 8.83 Å². The van der Waals surface area contributed by atoms with E-state index < -0.39 is 0 Å². The Balaban J connectivity index is 1.30. The molecule has 0 amide bonds. The first-order valence-electron chi connectivity index (χ1n) is 15.9. The van der Waals surface area contributed by atoms with Gasteiger partial charge in [-0.15, -0.1) is 11.3 Å². The van der Waals surface area contributed by atoms with E-state index in [1.807, 2.05) is 29.7 Å². The van der Waals surface area contributed by atoms with Crippen LogP contribution in [0.2, 0.25) is 0 Å². The minimum atomic E-state index is 0.915. The molecule has 3 heteroatoms. The predicted octanol–water partition coefficient (Wildman–Crippen LogP) is 13.5. The third-order valence-corrected chi connectivity index (χ3v) is 11.1. The largest absolute Gasteiger partial charge is 0.464 e. The highest BCUT2D eigenvalue weighted by atomic mass is 32.1. The fourth-order valence-corrected chi connectivity index (χ4v) is 9.19. The quantitative estimate of drug-likeness (QED) is 0.181. The molecule has 3 aromatic heterocycles. The lowest BCUT2D eigenvalue weighted by Crippen LogP contribution is -1.92. The van der Waals surface area contributed by atoms with Crippen molar-refractivity contribution in [2.24, 2.45) is 0 Å². The van der Waals surface area contributed by atoms with Crippen molar-refractivity contribution in [3.8, 4) is 22.3 Å². The van der Waals surface area contributed by atoms with Crippen molar-refractivity contribution in [2.45, 2.75) is 0 Å². The summed E-state index contributed by atoms with van der Waals surface area (Å²) < 4.78 is 15.0. The van der Waals surface area contributed by atoms with Gasteiger partial charge in [0.15, 0.2) is 0 Å². The van der Waals surface area contributed by atoms with Crippen LogP contribution >= 0.6 is 11.3 Å². The summed E-state index contributed by atoms with van der Waals surface area (Å²) in [7, 11) is 0. The summed E-state index contributed by atoms with van der Waals surface area (Å²) in [6.45, 7) is 0. The molecular formula is C44H24O2S. The molecule has 8 aromatic carbocycles. The van der Waals surface area contributed by atoms with Crippen molar-refractivity contribution in [3.05, 3.63) is 146 Å². The summed E-state index contributed by atoms with van der Waals surface area (Å²) in [6, 6.07) is 50.5. The predicted molar refractivity (Wildman–Crippen MR) is 200 cm³/mol. The molecule has 0 aliphatic rings. The molecule has 0 N–H and O–H groups in total. The average molecular weight is 617 g/mol. The van der Waals surface area contributed by atoms with Gasteiger partial charge in [-0.3, -0.25) is 0 Å². The summed E-state index contributed by atoms with van der Waals surface area (Å²) in [5, 5.41) is 13.3. The molecule has 11 rings (SSSR count). The van der Waals surface area contributed by atoms with Gasteiger partial charge in [-0.1, -0.05) is 103 Å². The van der Waals surface area contributed by atoms with Crippen LogP contribution in [0.15, 0.2) is 155 Å². The number of furan rings is 2. The van der Waals surface area contributed by atoms with Gasteiger partial charge in [0.05, 0.1) is 6.26 Å². The molecule has 218 valence electrons. The first-order chi connectivity index (χ1) is 23.3. The highest BCUT2D eigenvalue weighted by Crippen LogP contribution is 2.50. The van der Waals surface area contributed by atoms with Crippen LogP contribution in [0.25, 0.3) is 108 Å². The smallest absolute Gasteiger partial charge is 0.136 e. The zero-order valence-electron chi connectivity index (χ0n) is 25.1. The maximum Gasteiger partial charge on any atom is 0.136 e. The molecule has 0 aliphatic carbocycles. The van der Waals surface area contributed by atoms with Crippen molar-refractivity contribution in [3.63, 3.8) is 0 Å². The van der Waals surface area contributed by atoms with Crippen molar-refractivity contribution in [2.75, 3.05) is 0 Å². The highest BCUT2D eigenvalue weighted by molar-refractivity contribution is 7.26. The molecule has 0 aliphatic heterocycles. The van der Waals surface area contributed by atoms with Crippen molar-refractivity contribution >= 4 is 96.7 Å². The van der Waals surface area contributed by atoms with Crippen molar-refractivity contribution in [1.29, 1.82) is 0 Å². The average Bonchev–Trinajstić information content (AvgIpc) is 3.84. The van der Waals surface area contributed by atoms with E-state index in [1.165, 1.54) is 80.1 Å². The van der Waals surface area contributed by atoms with E-state index in [4.69, 9.17) is 8.83 Å². The molecule has 47 heavy (non-hydrogen) atoms. The Bertz CT molecular complexity index is 3020. The number of fused-ring (bicyclic) bond motifs is 11. The second-order valence-electron chi connectivity index (χ2n) is 12.4. The molecule has 0 fully saturated rings. The third kappa shape index (κ3) is 3.44. The van der Waals surface area contributed by atoms with Crippen LogP contribution < -0.4 is 0 Å². The van der Waals surface area contributed by atoms with Gasteiger partial charge >= 0.3 is 0 Å². The second kappa shape index (κ2) is 9.32. The van der Waals surface area contributed by atoms with E-state index in [-0.39, 0.29) is 0 Å². The Labute approximate surface area is 272 Å². The summed E-state index contributed by atoms with van der Waals surface area (Å²) in [5.74, 6) is 0. The van der Waals surface area contributed by atoms with Gasteiger partial charge in [0.2, 0.25) is 0 Å². The molecule has 0 saturated carbocycles. The molecule has 3 heterocycles. The zero-order valence-corrected chi connectivity index (χ0v) is 25.9. The van der Waals surface area contributed by atoms with E-state index in [1.54, 1.807) is 0 Å². The van der Waals surface area contributed by atoms with Crippen LogP contribution in [0.4, 0.5) is 0 Å². The van der Waals surface area contributed by atoms with Crippen LogP contribution in [0.5, 0.6) is 0 Å². The normalized spacial score (nSPS) is 12.3. The lowest BCUT2D eigenvalue weighted by atomic mass is 9.84. The molecule has 0 saturated heterocycles. The lowest BCUT2D eigenvalue weighted by Gasteiger charge is -2.19. The van der Waals surface area contributed by atoms with Gasteiger partial charge in [0, 0.05) is 41.9 Å². The number of hydrogen-bond donors (Lipinski definition) is 0. The first-order valence-corrected chi connectivity index (χ1v) is 16.7. The molecule has 11 aromatic rings. The Kier molecular flexibility index (Phi) is 5.02. The van der Waals surface area contributed by atoms with Gasteiger partial charge in [0.25, 0.3) is 0 Å². The van der Waals surface area contributed by atoms with E-state index in [0.717, 1.165) is 27.5 Å². The maximum atomic E-state index is 6.29. The summed E-state index contributed by atoms with van der Waals surface area (Å²) in [4.78, 5) is 0. The van der Waals surface area contributed by atoms with E-state index in [9.17, 15) is 0 Å². The van der Waals surface area contributed by atoms with Gasteiger partial charge in [-0.2, -0.15) is 0 Å². The topological polar surface area (TPSA) is 26.3 Å². The fourth-order valence-electron chi connectivity index (χ4n) is 7.95. The Morgan fingerprint density at radius 1 is 0.404 bits per heavy atom. The molecule has 0 unspecified atom stereocenters. The fraction of sp³-hybridized carbons (Fsp3) is 0. The van der Waals surface area contributed by atoms with Crippen LogP contribution in [0.3, 0.4) is 0 Å². The van der Waals surface area contributed by atoms with E-state index in [2.05, 4.69) is 127 Å². The first kappa shape index (κ1) is 25.3. The summed E-state index contributed by atoms with van der Waals surface area (Å²) in [5.41, 5.74) is 7.69. The molecular weight excluding hydrogens is 593 g/mol. The third-order valence-electron chi connectivity index (χ3n) is 9.93. The second-order valence-corrected chi connectivity index (χ2v) is 13.4. The standard InChI is InChI=1S/C44H24O2S/c1-3-14-29-27(12-1)41(31-17-9-10-25-22-39-35(23-34(25)31)26-11-5-7-18-37(26)46-39)28-13-2-4-15-30(28)42(29)36-24-38-32(20-21-45-38)43-33-16-6-8-19-40(33)47-44(36)43/h1-24H. The SMILES string of the molecule is c1cc(-c2c3ccccc3c(-c3cc4occc4c4c3sc3ccccc34)c3ccccc23)c2cc3c(cc2c1)oc1ccccc13. The number of hydrogen-bond acceptors (Lipinski definition) is 3. The van der Waals surface area contributed by atoms with Crippen LogP contribution in [-0.2, 0) is 0 Å². The van der Waals surface area contributed by atoms with Crippen molar-refractivity contribution in [1.82, 2.24) is 0 Å². The highest BCUT2D eigenvalue weighted by Gasteiger charge is 2.22. The monoisotopic (exact) mass is 616 g/mol. The van der Waals surface area contributed by atoms with E-state index >= 15 is 0 Å². The van der Waals surface area contributed by atoms with E-state index in [0.29, 0.717) is 0 Å². The van der Waals surface area contributed by atoms with Crippen LogP contribution in [0.1, 0.15) is 0 Å². The van der Waals surface area contributed by atoms with Crippen LogP contribution in [0, 0.1) is 0 Å². The number of para-hydroxylation sites is 1. The minimum absolute atomic E-state index is 0.915. The molecule has 0 atom stereocenters. The minimum Gasteiger partial charge on any atom is -0.464 e. The molecule has 2 nitrogen and oxygen atoms in total. The molecule has 0 spiro atoms. The Hall–Kier alpha value is -5.90. The molecule has 0 radical (unpaired) electrons.